The second-order valence-electron chi connectivity index (χ2n) is 5.97. The van der Waals surface area contributed by atoms with Gasteiger partial charge < -0.3 is 25.3 Å². The Morgan fingerprint density at radius 2 is 1.81 bits per heavy atom. The lowest BCUT2D eigenvalue weighted by atomic mass is 10.1. The molecule has 0 radical (unpaired) electrons. The van der Waals surface area contributed by atoms with Crippen LogP contribution in [0.25, 0.3) is 0 Å². The maximum atomic E-state index is 5.92. The zero-order valence-electron chi connectivity index (χ0n) is 15.9. The number of aliphatic imine (C=N–C) groups is 1. The predicted molar refractivity (Wildman–Crippen MR) is 109 cm³/mol. The molecule has 0 spiro atoms. The first-order valence-corrected chi connectivity index (χ1v) is 9.06. The van der Waals surface area contributed by atoms with Gasteiger partial charge in [0.2, 0.25) is 0 Å². The fourth-order valence-electron chi connectivity index (χ4n) is 2.44. The van der Waals surface area contributed by atoms with E-state index in [9.17, 15) is 0 Å². The van der Waals surface area contributed by atoms with E-state index in [0.29, 0.717) is 35.6 Å². The van der Waals surface area contributed by atoms with Gasteiger partial charge in [0.25, 0.3) is 0 Å². The van der Waals surface area contributed by atoms with Crippen LogP contribution in [0.3, 0.4) is 0 Å². The molecule has 0 saturated carbocycles. The third kappa shape index (κ3) is 6.90. The highest BCUT2D eigenvalue weighted by Gasteiger charge is 2.06. The first kappa shape index (κ1) is 20.7. The molecule has 146 valence electrons. The molecule has 1 atom stereocenters. The number of nitrogens with zero attached hydrogens (tertiary/aromatic N) is 1. The van der Waals surface area contributed by atoms with Gasteiger partial charge in [0.15, 0.2) is 17.5 Å². The summed E-state index contributed by atoms with van der Waals surface area (Å²) in [5, 5.41) is 3.78. The normalized spacial score (nSPS) is 12.4. The summed E-state index contributed by atoms with van der Waals surface area (Å²) in [4.78, 5) is 4.32. The van der Waals surface area contributed by atoms with Crippen LogP contribution in [0.2, 0.25) is 5.02 Å². The molecule has 2 aromatic carbocycles. The van der Waals surface area contributed by atoms with Gasteiger partial charge in [-0.25, -0.2) is 4.99 Å². The van der Waals surface area contributed by atoms with Gasteiger partial charge in [-0.2, -0.15) is 0 Å². The molecule has 0 bridgehead atoms. The molecule has 0 fully saturated rings. The number of nitrogens with one attached hydrogen (secondary N) is 1. The van der Waals surface area contributed by atoms with Crippen LogP contribution in [0.5, 0.6) is 17.2 Å². The summed E-state index contributed by atoms with van der Waals surface area (Å²) in [7, 11) is 3.24. The molecule has 0 amide bonds. The van der Waals surface area contributed by atoms with Gasteiger partial charge in [0.1, 0.15) is 11.9 Å². The van der Waals surface area contributed by atoms with Crippen LogP contribution in [0.15, 0.2) is 47.5 Å². The average molecular weight is 392 g/mol. The van der Waals surface area contributed by atoms with Crippen molar-refractivity contribution in [3.63, 3.8) is 0 Å². The molecule has 0 heterocycles. The highest BCUT2D eigenvalue weighted by Crippen LogP contribution is 2.27. The second-order valence-corrected chi connectivity index (χ2v) is 6.41. The number of hydrogen-bond acceptors (Lipinski definition) is 4. The summed E-state index contributed by atoms with van der Waals surface area (Å²) in [6.07, 6.45) is 0.685. The Labute approximate surface area is 165 Å². The molecule has 7 heteroatoms. The van der Waals surface area contributed by atoms with Crippen molar-refractivity contribution < 1.29 is 14.2 Å². The van der Waals surface area contributed by atoms with Crippen molar-refractivity contribution in [2.24, 2.45) is 10.7 Å². The molecule has 2 aromatic rings. The van der Waals surface area contributed by atoms with Crippen LogP contribution in [-0.4, -0.2) is 39.4 Å². The van der Waals surface area contributed by atoms with Crippen LogP contribution in [0.1, 0.15) is 12.5 Å². The van der Waals surface area contributed by atoms with E-state index in [1.165, 1.54) is 0 Å². The SMILES string of the molecule is COc1ccc(CCNC(N)=NCC(C)Oc2ccc(Cl)cc2)cc1OC. The van der Waals surface area contributed by atoms with Gasteiger partial charge in [0, 0.05) is 11.6 Å². The van der Waals surface area contributed by atoms with E-state index >= 15 is 0 Å². The molecule has 27 heavy (non-hydrogen) atoms. The monoisotopic (exact) mass is 391 g/mol. The van der Waals surface area contributed by atoms with Crippen molar-refractivity contribution >= 4 is 17.6 Å². The summed E-state index contributed by atoms with van der Waals surface area (Å²) < 4.78 is 16.3. The minimum Gasteiger partial charge on any atom is -0.493 e. The highest BCUT2D eigenvalue weighted by molar-refractivity contribution is 6.30. The van der Waals surface area contributed by atoms with Crippen LogP contribution in [0.4, 0.5) is 0 Å². The number of hydrogen-bond donors (Lipinski definition) is 2. The van der Waals surface area contributed by atoms with Gasteiger partial charge >= 0.3 is 0 Å². The van der Waals surface area contributed by atoms with Gasteiger partial charge in [-0.1, -0.05) is 17.7 Å². The molecule has 1 unspecified atom stereocenters. The molecule has 0 saturated heterocycles. The molecule has 0 aliphatic heterocycles. The third-order valence-electron chi connectivity index (χ3n) is 3.84. The van der Waals surface area contributed by atoms with Gasteiger partial charge in [-0.3, -0.25) is 0 Å². The van der Waals surface area contributed by atoms with E-state index in [2.05, 4.69) is 10.3 Å². The predicted octanol–water partition coefficient (Wildman–Crippen LogP) is 3.27. The summed E-state index contributed by atoms with van der Waals surface area (Å²) >= 11 is 5.86. The van der Waals surface area contributed by atoms with E-state index < -0.39 is 0 Å². The smallest absolute Gasteiger partial charge is 0.188 e. The topological polar surface area (TPSA) is 78.1 Å². The number of ether oxygens (including phenoxy) is 3. The van der Waals surface area contributed by atoms with Crippen molar-refractivity contribution in [2.45, 2.75) is 19.4 Å². The Hall–Kier alpha value is -2.60. The van der Waals surface area contributed by atoms with Crippen LogP contribution in [-0.2, 0) is 6.42 Å². The molecule has 0 aliphatic carbocycles. The number of benzene rings is 2. The standard InChI is InChI=1S/C20H26ClN3O3/c1-14(27-17-7-5-16(21)6-8-17)13-24-20(22)23-11-10-15-4-9-18(25-2)19(12-15)26-3/h4-9,12,14H,10-11,13H2,1-3H3,(H3,22,23,24). The molecule has 0 aliphatic rings. The summed E-state index contributed by atoms with van der Waals surface area (Å²) in [5.74, 6) is 2.57. The fourth-order valence-corrected chi connectivity index (χ4v) is 2.56. The summed E-state index contributed by atoms with van der Waals surface area (Å²) in [6, 6.07) is 13.1. The van der Waals surface area contributed by atoms with Crippen molar-refractivity contribution in [3.05, 3.63) is 53.1 Å². The quantitative estimate of drug-likeness (QED) is 0.506. The van der Waals surface area contributed by atoms with Crippen molar-refractivity contribution in [3.8, 4) is 17.2 Å². The largest absolute Gasteiger partial charge is 0.493 e. The van der Waals surface area contributed by atoms with Gasteiger partial charge in [0.05, 0.1) is 20.8 Å². The van der Waals surface area contributed by atoms with E-state index in [1.54, 1.807) is 26.4 Å². The molecular formula is C20H26ClN3O3. The number of rotatable bonds is 9. The molecule has 2 rings (SSSR count). The minimum atomic E-state index is -0.0997. The number of halogens is 1. The fraction of sp³-hybridized carbons (Fsp3) is 0.350. The Morgan fingerprint density at radius 3 is 2.48 bits per heavy atom. The van der Waals surface area contributed by atoms with Crippen LogP contribution in [0, 0.1) is 0 Å². The van der Waals surface area contributed by atoms with Gasteiger partial charge in [-0.15, -0.1) is 0 Å². The van der Waals surface area contributed by atoms with E-state index in [-0.39, 0.29) is 6.10 Å². The maximum Gasteiger partial charge on any atom is 0.188 e. The number of methoxy groups -OCH3 is 2. The summed E-state index contributed by atoms with van der Waals surface area (Å²) in [6.45, 7) is 3.06. The maximum absolute atomic E-state index is 5.92. The molecular weight excluding hydrogens is 366 g/mol. The zero-order chi connectivity index (χ0) is 19.6. The first-order chi connectivity index (χ1) is 13.0. The highest BCUT2D eigenvalue weighted by atomic mass is 35.5. The minimum absolute atomic E-state index is 0.0997. The Kier molecular flexibility index (Phi) is 8.07. The Bertz CT molecular complexity index is 751. The van der Waals surface area contributed by atoms with Crippen molar-refractivity contribution in [1.82, 2.24) is 5.32 Å². The third-order valence-corrected chi connectivity index (χ3v) is 4.09. The van der Waals surface area contributed by atoms with E-state index in [0.717, 1.165) is 17.7 Å². The summed E-state index contributed by atoms with van der Waals surface area (Å²) in [5.41, 5.74) is 7.04. The molecule has 6 nitrogen and oxygen atoms in total. The number of nitrogens with two attached hydrogens (primary N) is 1. The lowest BCUT2D eigenvalue weighted by Crippen LogP contribution is -2.34. The Morgan fingerprint density at radius 1 is 1.11 bits per heavy atom. The lowest BCUT2D eigenvalue weighted by molar-refractivity contribution is 0.230. The van der Waals surface area contributed by atoms with E-state index in [4.69, 9.17) is 31.5 Å². The number of guanidine groups is 1. The van der Waals surface area contributed by atoms with E-state index in [1.807, 2.05) is 37.3 Å². The van der Waals surface area contributed by atoms with Crippen molar-refractivity contribution in [2.75, 3.05) is 27.3 Å². The van der Waals surface area contributed by atoms with Crippen LogP contribution >= 0.6 is 11.6 Å². The zero-order valence-corrected chi connectivity index (χ0v) is 16.6. The molecule has 0 aromatic heterocycles. The second kappa shape index (κ2) is 10.5. The first-order valence-electron chi connectivity index (χ1n) is 8.68. The van der Waals surface area contributed by atoms with Gasteiger partial charge in [-0.05, 0) is 55.3 Å². The van der Waals surface area contributed by atoms with Crippen LogP contribution < -0.4 is 25.3 Å². The molecule has 3 N–H and O–H groups in total. The lowest BCUT2D eigenvalue weighted by Gasteiger charge is -2.13. The average Bonchev–Trinajstić information content (AvgIpc) is 2.68. The Balaban J connectivity index is 1.76. The van der Waals surface area contributed by atoms with Crippen molar-refractivity contribution in [1.29, 1.82) is 0 Å².